The molecule has 0 fully saturated rings. The molecule has 0 heterocycles. The van der Waals surface area contributed by atoms with Gasteiger partial charge in [-0.05, 0) is 24.3 Å². The van der Waals surface area contributed by atoms with Crippen LogP contribution in [0.1, 0.15) is 6.42 Å². The number of para-hydroxylation sites is 1. The predicted octanol–water partition coefficient (Wildman–Crippen LogP) is 2.26. The Morgan fingerprint density at radius 2 is 1.56 bits per heavy atom. The van der Waals surface area contributed by atoms with Gasteiger partial charge in [0.1, 0.15) is 0 Å². The van der Waals surface area contributed by atoms with Gasteiger partial charge in [0.15, 0.2) is 9.84 Å². The minimum Gasteiger partial charge on any atom is -0.347 e. The molecule has 0 bridgehead atoms. The molecule has 0 unspecified atom stereocenters. The molecule has 0 aliphatic rings. The fraction of sp³-hybridized carbons (Fsp3) is 0.176. The van der Waals surface area contributed by atoms with Gasteiger partial charge >= 0.3 is 0 Å². The Morgan fingerprint density at radius 1 is 0.920 bits per heavy atom. The van der Waals surface area contributed by atoms with Crippen molar-refractivity contribution in [3.05, 3.63) is 59.6 Å². The summed E-state index contributed by atoms with van der Waals surface area (Å²) >= 11 is 5.87. The van der Waals surface area contributed by atoms with Crippen molar-refractivity contribution < 1.29 is 18.0 Å². The van der Waals surface area contributed by atoms with Crippen LogP contribution < -0.4 is 10.6 Å². The van der Waals surface area contributed by atoms with E-state index in [9.17, 15) is 18.0 Å². The molecule has 0 saturated heterocycles. The van der Waals surface area contributed by atoms with Gasteiger partial charge < -0.3 is 10.6 Å². The molecule has 0 aliphatic carbocycles. The number of nitrogens with one attached hydrogen (secondary N) is 2. The zero-order chi connectivity index (χ0) is 18.3. The highest BCUT2D eigenvalue weighted by Gasteiger charge is 2.19. The van der Waals surface area contributed by atoms with Gasteiger partial charge in [0.2, 0.25) is 11.8 Å². The summed E-state index contributed by atoms with van der Waals surface area (Å²) in [6.07, 6.45) is -0.258. The molecule has 0 atom stereocenters. The van der Waals surface area contributed by atoms with E-state index in [-0.39, 0.29) is 28.6 Å². The highest BCUT2D eigenvalue weighted by Crippen LogP contribution is 2.22. The summed E-state index contributed by atoms with van der Waals surface area (Å²) in [5.41, 5.74) is 0.614. The highest BCUT2D eigenvalue weighted by atomic mass is 35.5. The number of carbonyl (C=O) groups is 2. The number of halogens is 1. The van der Waals surface area contributed by atoms with Crippen LogP contribution in [0.4, 0.5) is 5.69 Å². The first-order valence-electron chi connectivity index (χ1n) is 7.47. The second-order valence-electron chi connectivity index (χ2n) is 5.19. The first-order chi connectivity index (χ1) is 11.9. The van der Waals surface area contributed by atoms with Crippen LogP contribution in [0.15, 0.2) is 59.5 Å². The molecule has 2 amide bonds. The molecule has 6 nitrogen and oxygen atoms in total. The predicted molar refractivity (Wildman–Crippen MR) is 96.2 cm³/mol. The maximum absolute atomic E-state index is 12.2. The fourth-order valence-corrected chi connectivity index (χ4v) is 3.84. The Morgan fingerprint density at radius 3 is 2.24 bits per heavy atom. The molecular formula is C17H17ClN2O4S. The van der Waals surface area contributed by atoms with Crippen molar-refractivity contribution in [3.63, 3.8) is 0 Å². The normalized spacial score (nSPS) is 10.9. The Bertz CT molecular complexity index is 854. The van der Waals surface area contributed by atoms with E-state index in [2.05, 4.69) is 10.6 Å². The molecule has 8 heteroatoms. The van der Waals surface area contributed by atoms with Crippen LogP contribution in [0.3, 0.4) is 0 Å². The first-order valence-corrected chi connectivity index (χ1v) is 9.50. The van der Waals surface area contributed by atoms with Gasteiger partial charge in [-0.1, -0.05) is 41.9 Å². The molecule has 0 spiro atoms. The average Bonchev–Trinajstić information content (AvgIpc) is 2.59. The van der Waals surface area contributed by atoms with E-state index in [0.717, 1.165) is 0 Å². The SMILES string of the molecule is O=C(CCS(=O)(=O)c1ccccc1Cl)NCC(=O)Nc1ccccc1. The second kappa shape index (κ2) is 8.64. The third-order valence-corrected chi connectivity index (χ3v) is 5.48. The lowest BCUT2D eigenvalue weighted by Crippen LogP contribution is -2.33. The molecule has 2 aromatic rings. The van der Waals surface area contributed by atoms with Crippen molar-refractivity contribution in [2.75, 3.05) is 17.6 Å². The fourth-order valence-electron chi connectivity index (χ4n) is 2.03. The molecule has 25 heavy (non-hydrogen) atoms. The van der Waals surface area contributed by atoms with Crippen molar-refractivity contribution in [2.45, 2.75) is 11.3 Å². The molecule has 2 rings (SSSR count). The first kappa shape index (κ1) is 19.0. The summed E-state index contributed by atoms with van der Waals surface area (Å²) in [6.45, 7) is -0.236. The standard InChI is InChI=1S/C17H17ClN2O4S/c18-14-8-4-5-9-15(14)25(23,24)11-10-16(21)19-12-17(22)20-13-6-2-1-3-7-13/h1-9H,10-12H2,(H,19,21)(H,20,22). The van der Waals surface area contributed by atoms with E-state index in [4.69, 9.17) is 11.6 Å². The Labute approximate surface area is 151 Å². The van der Waals surface area contributed by atoms with Gasteiger partial charge in [-0.25, -0.2) is 8.42 Å². The van der Waals surface area contributed by atoms with Gasteiger partial charge in [0, 0.05) is 12.1 Å². The van der Waals surface area contributed by atoms with Crippen LogP contribution in [0.25, 0.3) is 0 Å². The minimum atomic E-state index is -3.67. The average molecular weight is 381 g/mol. The summed E-state index contributed by atoms with van der Waals surface area (Å²) in [5.74, 6) is -1.31. The number of anilines is 1. The maximum atomic E-state index is 12.2. The monoisotopic (exact) mass is 380 g/mol. The topological polar surface area (TPSA) is 92.3 Å². The molecular weight excluding hydrogens is 364 g/mol. The molecule has 0 saturated carbocycles. The Balaban J connectivity index is 1.81. The number of benzene rings is 2. The maximum Gasteiger partial charge on any atom is 0.243 e. The lowest BCUT2D eigenvalue weighted by molar-refractivity contribution is -0.123. The quantitative estimate of drug-likeness (QED) is 0.770. The summed E-state index contributed by atoms with van der Waals surface area (Å²) in [4.78, 5) is 23.5. The van der Waals surface area contributed by atoms with E-state index in [0.29, 0.717) is 5.69 Å². The van der Waals surface area contributed by atoms with Crippen LogP contribution >= 0.6 is 11.6 Å². The molecule has 0 aromatic heterocycles. The summed E-state index contributed by atoms with van der Waals surface area (Å²) in [7, 11) is -3.67. The van der Waals surface area contributed by atoms with E-state index in [1.807, 2.05) is 6.07 Å². The summed E-state index contributed by atoms with van der Waals surface area (Å²) < 4.78 is 24.4. The molecule has 0 radical (unpaired) electrons. The van der Waals surface area contributed by atoms with Crippen molar-refractivity contribution in [1.29, 1.82) is 0 Å². The number of amides is 2. The highest BCUT2D eigenvalue weighted by molar-refractivity contribution is 7.91. The van der Waals surface area contributed by atoms with Gasteiger partial charge in [0.05, 0.1) is 22.2 Å². The van der Waals surface area contributed by atoms with E-state index < -0.39 is 21.7 Å². The van der Waals surface area contributed by atoms with E-state index in [1.54, 1.807) is 36.4 Å². The van der Waals surface area contributed by atoms with Gasteiger partial charge in [0.25, 0.3) is 0 Å². The van der Waals surface area contributed by atoms with E-state index >= 15 is 0 Å². The number of carbonyl (C=O) groups excluding carboxylic acids is 2. The van der Waals surface area contributed by atoms with Crippen LogP contribution in [0.2, 0.25) is 5.02 Å². The van der Waals surface area contributed by atoms with Crippen LogP contribution in [0.5, 0.6) is 0 Å². The second-order valence-corrected chi connectivity index (χ2v) is 7.67. The number of rotatable bonds is 7. The van der Waals surface area contributed by atoms with Crippen molar-refractivity contribution >= 4 is 38.9 Å². The third-order valence-electron chi connectivity index (χ3n) is 3.27. The number of hydrogen-bond donors (Lipinski definition) is 2. The van der Waals surface area contributed by atoms with E-state index in [1.165, 1.54) is 12.1 Å². The summed E-state index contributed by atoms with van der Waals surface area (Å²) in [6, 6.07) is 14.8. The van der Waals surface area contributed by atoms with Crippen LogP contribution in [-0.4, -0.2) is 32.5 Å². The number of hydrogen-bond acceptors (Lipinski definition) is 4. The van der Waals surface area contributed by atoms with Gasteiger partial charge in [-0.2, -0.15) is 0 Å². The minimum absolute atomic E-state index is 0.00807. The zero-order valence-electron chi connectivity index (χ0n) is 13.2. The number of sulfone groups is 1. The molecule has 0 aliphatic heterocycles. The Kier molecular flexibility index (Phi) is 6.55. The molecule has 132 valence electrons. The Hall–Kier alpha value is -2.38. The molecule has 2 aromatic carbocycles. The summed E-state index contributed by atoms with van der Waals surface area (Å²) in [5, 5.41) is 5.12. The van der Waals surface area contributed by atoms with Crippen molar-refractivity contribution in [2.24, 2.45) is 0 Å². The smallest absolute Gasteiger partial charge is 0.243 e. The molecule has 2 N–H and O–H groups in total. The van der Waals surface area contributed by atoms with Gasteiger partial charge in [-0.15, -0.1) is 0 Å². The van der Waals surface area contributed by atoms with Crippen molar-refractivity contribution in [3.8, 4) is 0 Å². The zero-order valence-corrected chi connectivity index (χ0v) is 14.8. The van der Waals surface area contributed by atoms with Crippen LogP contribution in [-0.2, 0) is 19.4 Å². The lowest BCUT2D eigenvalue weighted by atomic mass is 10.3. The van der Waals surface area contributed by atoms with Crippen LogP contribution in [0, 0.1) is 0 Å². The lowest BCUT2D eigenvalue weighted by Gasteiger charge is -2.08. The largest absolute Gasteiger partial charge is 0.347 e. The van der Waals surface area contributed by atoms with Crippen molar-refractivity contribution in [1.82, 2.24) is 5.32 Å². The van der Waals surface area contributed by atoms with Gasteiger partial charge in [-0.3, -0.25) is 9.59 Å². The third kappa shape index (κ3) is 5.88.